The van der Waals surface area contributed by atoms with E-state index in [1.165, 1.54) is 23.7 Å². The number of ether oxygens (including phenoxy) is 1. The number of hydrogen-bond acceptors (Lipinski definition) is 9. The van der Waals surface area contributed by atoms with Gasteiger partial charge in [0.25, 0.3) is 5.91 Å². The van der Waals surface area contributed by atoms with Crippen LogP contribution in [0.5, 0.6) is 5.75 Å². The molecule has 1 aliphatic rings. The zero-order valence-corrected chi connectivity index (χ0v) is 19.4. The van der Waals surface area contributed by atoms with Crippen LogP contribution in [0, 0.1) is 5.92 Å². The fourth-order valence-electron chi connectivity index (χ4n) is 3.56. The normalized spacial score (nSPS) is 15.5. The molecular formula is C22H26F2N6O3S. The van der Waals surface area contributed by atoms with Crippen LogP contribution in [0.4, 0.5) is 19.9 Å². The standard InChI is InChI=1S/C22H26F2N6O3S/c1-13(9-25-21-26-11-16(12-27-21)33-20(23)24)10-28-22-29-17-3-2-14(8-18(17)34-22)19(32)30-6-4-15(31)5-7-30/h2-3,8,11-13,15,20,31H,4-7,9-10H2,1H3,(H,28,29)(H,25,26,27). The molecule has 0 bridgehead atoms. The fraction of sp³-hybridized carbons (Fsp3) is 0.455. The lowest BCUT2D eigenvalue weighted by Gasteiger charge is -2.29. The molecule has 1 aliphatic heterocycles. The molecule has 182 valence electrons. The molecule has 2 aromatic heterocycles. The number of aromatic nitrogens is 3. The monoisotopic (exact) mass is 492 g/mol. The maximum atomic E-state index is 12.8. The summed E-state index contributed by atoms with van der Waals surface area (Å²) in [7, 11) is 0. The first-order valence-corrected chi connectivity index (χ1v) is 11.8. The zero-order chi connectivity index (χ0) is 24.1. The summed E-state index contributed by atoms with van der Waals surface area (Å²) in [6.45, 7) is 1.47. The van der Waals surface area contributed by atoms with Gasteiger partial charge in [-0.05, 0) is 37.0 Å². The smallest absolute Gasteiger partial charge is 0.387 e. The summed E-state index contributed by atoms with van der Waals surface area (Å²) in [5.74, 6) is 0.408. The molecule has 0 saturated carbocycles. The Morgan fingerprint density at radius 2 is 1.94 bits per heavy atom. The van der Waals surface area contributed by atoms with Crippen LogP contribution in [-0.2, 0) is 0 Å². The second kappa shape index (κ2) is 10.9. The lowest BCUT2D eigenvalue weighted by molar-refractivity contribution is -0.0503. The highest BCUT2D eigenvalue weighted by molar-refractivity contribution is 7.22. The molecule has 9 nitrogen and oxygen atoms in total. The van der Waals surface area contributed by atoms with Gasteiger partial charge in [-0.1, -0.05) is 18.3 Å². The Kier molecular flexibility index (Phi) is 7.68. The van der Waals surface area contributed by atoms with Gasteiger partial charge in [-0.15, -0.1) is 0 Å². The van der Waals surface area contributed by atoms with Crippen LogP contribution in [0.1, 0.15) is 30.1 Å². The van der Waals surface area contributed by atoms with Crippen LogP contribution in [0.3, 0.4) is 0 Å². The van der Waals surface area contributed by atoms with Crippen molar-refractivity contribution >= 4 is 38.5 Å². The summed E-state index contributed by atoms with van der Waals surface area (Å²) in [6.07, 6.45) is 3.29. The van der Waals surface area contributed by atoms with Gasteiger partial charge in [-0.2, -0.15) is 8.78 Å². The van der Waals surface area contributed by atoms with Crippen molar-refractivity contribution in [1.82, 2.24) is 19.9 Å². The Morgan fingerprint density at radius 1 is 1.24 bits per heavy atom. The molecule has 0 aliphatic carbocycles. The van der Waals surface area contributed by atoms with Gasteiger partial charge in [-0.25, -0.2) is 15.0 Å². The number of anilines is 2. The van der Waals surface area contributed by atoms with E-state index in [9.17, 15) is 18.7 Å². The minimum Gasteiger partial charge on any atom is -0.432 e. The van der Waals surface area contributed by atoms with E-state index in [0.717, 1.165) is 15.3 Å². The summed E-state index contributed by atoms with van der Waals surface area (Å²) < 4.78 is 29.5. The maximum Gasteiger partial charge on any atom is 0.387 e. The molecule has 3 aromatic rings. The second-order valence-corrected chi connectivity index (χ2v) is 9.24. The van der Waals surface area contributed by atoms with E-state index >= 15 is 0 Å². The Labute approximate surface area is 199 Å². The fourth-order valence-corrected chi connectivity index (χ4v) is 4.47. The molecule has 1 unspecified atom stereocenters. The van der Waals surface area contributed by atoms with Crippen molar-refractivity contribution in [3.63, 3.8) is 0 Å². The third-order valence-corrected chi connectivity index (χ3v) is 6.43. The minimum atomic E-state index is -2.91. The quantitative estimate of drug-likeness (QED) is 0.417. The van der Waals surface area contributed by atoms with Crippen molar-refractivity contribution in [2.45, 2.75) is 32.5 Å². The third kappa shape index (κ3) is 6.26. The van der Waals surface area contributed by atoms with Crippen LogP contribution in [0.25, 0.3) is 10.2 Å². The van der Waals surface area contributed by atoms with Crippen LogP contribution in [0.2, 0.25) is 0 Å². The highest BCUT2D eigenvalue weighted by Crippen LogP contribution is 2.28. The van der Waals surface area contributed by atoms with Crippen molar-refractivity contribution in [3.8, 4) is 5.75 Å². The van der Waals surface area contributed by atoms with E-state index in [1.54, 1.807) is 11.0 Å². The number of thiazole rings is 1. The summed E-state index contributed by atoms with van der Waals surface area (Å²) >= 11 is 1.49. The molecule has 12 heteroatoms. The number of carbonyl (C=O) groups is 1. The second-order valence-electron chi connectivity index (χ2n) is 8.21. The van der Waals surface area contributed by atoms with Gasteiger partial charge in [0, 0.05) is 31.7 Å². The molecular weight excluding hydrogens is 466 g/mol. The van der Waals surface area contributed by atoms with Gasteiger partial charge in [0.15, 0.2) is 10.9 Å². The average Bonchev–Trinajstić information content (AvgIpc) is 3.24. The minimum absolute atomic E-state index is 0.0209. The first-order chi connectivity index (χ1) is 16.4. The molecule has 3 N–H and O–H groups in total. The summed E-state index contributed by atoms with van der Waals surface area (Å²) in [5, 5.41) is 16.8. The largest absolute Gasteiger partial charge is 0.432 e. The highest BCUT2D eigenvalue weighted by Gasteiger charge is 2.22. The van der Waals surface area contributed by atoms with Gasteiger partial charge in [0.05, 0.1) is 28.7 Å². The predicted octanol–water partition coefficient (Wildman–Crippen LogP) is 3.44. The van der Waals surface area contributed by atoms with Gasteiger partial charge in [-0.3, -0.25) is 4.79 Å². The lowest BCUT2D eigenvalue weighted by Crippen LogP contribution is -2.40. The SMILES string of the molecule is CC(CNc1ncc(OC(F)F)cn1)CNc1nc2ccc(C(=O)N3CCC(O)CC3)cc2s1. The number of nitrogens with one attached hydrogen (secondary N) is 2. The van der Waals surface area contributed by atoms with Crippen molar-refractivity contribution in [2.24, 2.45) is 5.92 Å². The maximum absolute atomic E-state index is 12.8. The molecule has 1 amide bonds. The number of aliphatic hydroxyl groups is 1. The number of likely N-dealkylation sites (tertiary alicyclic amines) is 1. The molecule has 1 saturated heterocycles. The molecule has 1 aromatic carbocycles. The number of carbonyl (C=O) groups excluding carboxylic acids is 1. The molecule has 0 spiro atoms. The summed E-state index contributed by atoms with van der Waals surface area (Å²) in [5.41, 5.74) is 1.45. The van der Waals surface area contributed by atoms with Gasteiger partial charge >= 0.3 is 6.61 Å². The highest BCUT2D eigenvalue weighted by atomic mass is 32.1. The summed E-state index contributed by atoms with van der Waals surface area (Å²) in [6, 6.07) is 5.52. The molecule has 3 heterocycles. The van der Waals surface area contributed by atoms with E-state index in [0.29, 0.717) is 50.5 Å². The number of amides is 1. The molecule has 1 atom stereocenters. The molecule has 1 fully saturated rings. The Morgan fingerprint density at radius 3 is 2.65 bits per heavy atom. The zero-order valence-electron chi connectivity index (χ0n) is 18.6. The third-order valence-electron chi connectivity index (χ3n) is 5.45. The van der Waals surface area contributed by atoms with Gasteiger partial charge in [0.2, 0.25) is 5.95 Å². The van der Waals surface area contributed by atoms with E-state index in [2.05, 4.69) is 30.3 Å². The Hall–Kier alpha value is -3.12. The van der Waals surface area contributed by atoms with E-state index < -0.39 is 6.61 Å². The number of fused-ring (bicyclic) bond motifs is 1. The van der Waals surface area contributed by atoms with Crippen LogP contribution in [-0.4, -0.2) is 69.8 Å². The number of rotatable bonds is 9. The predicted molar refractivity (Wildman–Crippen MR) is 126 cm³/mol. The van der Waals surface area contributed by atoms with Gasteiger partial charge in [0.1, 0.15) is 0 Å². The van der Waals surface area contributed by atoms with Crippen molar-refractivity contribution in [3.05, 3.63) is 36.2 Å². The van der Waals surface area contributed by atoms with E-state index in [1.807, 2.05) is 19.1 Å². The number of piperidine rings is 1. The number of aliphatic hydroxyl groups excluding tert-OH is 1. The number of nitrogens with zero attached hydrogens (tertiary/aromatic N) is 4. The Balaban J connectivity index is 1.28. The van der Waals surface area contributed by atoms with Crippen molar-refractivity contribution in [2.75, 3.05) is 36.8 Å². The van der Waals surface area contributed by atoms with E-state index in [4.69, 9.17) is 0 Å². The number of alkyl halides is 2. The average molecular weight is 493 g/mol. The number of benzene rings is 1. The van der Waals surface area contributed by atoms with Crippen LogP contribution in [0.15, 0.2) is 30.6 Å². The van der Waals surface area contributed by atoms with Gasteiger partial charge < -0.3 is 25.4 Å². The van der Waals surface area contributed by atoms with Crippen LogP contribution < -0.4 is 15.4 Å². The van der Waals surface area contributed by atoms with E-state index in [-0.39, 0.29) is 23.7 Å². The van der Waals surface area contributed by atoms with Crippen molar-refractivity contribution in [1.29, 1.82) is 0 Å². The molecule has 34 heavy (non-hydrogen) atoms. The number of halogens is 2. The lowest BCUT2D eigenvalue weighted by atomic mass is 10.1. The molecule has 4 rings (SSSR count). The molecule has 0 radical (unpaired) electrons. The first kappa shape index (κ1) is 24.0. The van der Waals surface area contributed by atoms with Crippen molar-refractivity contribution < 1.29 is 23.4 Å². The topological polar surface area (TPSA) is 112 Å². The number of hydrogen-bond donors (Lipinski definition) is 3. The Bertz CT molecular complexity index is 1110. The first-order valence-electron chi connectivity index (χ1n) is 11.0. The van der Waals surface area contributed by atoms with Crippen LogP contribution >= 0.6 is 11.3 Å². The summed E-state index contributed by atoms with van der Waals surface area (Å²) in [4.78, 5) is 27.1.